The zero-order valence-electron chi connectivity index (χ0n) is 17.7. The first-order chi connectivity index (χ1) is 14.8. The van der Waals surface area contributed by atoms with Crippen LogP contribution in [0.15, 0.2) is 46.9 Å². The Morgan fingerprint density at radius 2 is 2.10 bits per heavy atom. The van der Waals surface area contributed by atoms with E-state index in [4.69, 9.17) is 22.1 Å². The van der Waals surface area contributed by atoms with Crippen LogP contribution in [-0.2, 0) is 10.3 Å². The van der Waals surface area contributed by atoms with Gasteiger partial charge in [0.05, 0.1) is 17.1 Å². The van der Waals surface area contributed by atoms with Crippen molar-refractivity contribution in [1.29, 1.82) is 5.26 Å². The molecule has 3 aromatic heterocycles. The van der Waals surface area contributed by atoms with Crippen molar-refractivity contribution in [3.8, 4) is 6.07 Å². The predicted molar refractivity (Wildman–Crippen MR) is 118 cm³/mol. The third-order valence-electron chi connectivity index (χ3n) is 6.02. The van der Waals surface area contributed by atoms with Gasteiger partial charge in [0.15, 0.2) is 5.65 Å². The highest BCUT2D eigenvalue weighted by Gasteiger charge is 2.41. The summed E-state index contributed by atoms with van der Waals surface area (Å²) < 4.78 is 7.92. The first-order valence-corrected chi connectivity index (χ1v) is 10.1. The molecule has 9 heteroatoms. The number of fused-ring (bicyclic) bond motifs is 1. The number of pyridine rings is 1. The molecule has 0 saturated carbocycles. The second kappa shape index (κ2) is 7.76. The normalized spacial score (nSPS) is 19.9. The van der Waals surface area contributed by atoms with Gasteiger partial charge in [-0.2, -0.15) is 10.4 Å². The van der Waals surface area contributed by atoms with Crippen LogP contribution in [0.2, 0.25) is 0 Å². The molecule has 0 aromatic carbocycles. The SMILES string of the molecule is COC1(c2ccnc(C#N)c2)CC(C(C)n2nc(C)c3c(N)ncnc32)=CC(Cl)=C1C. The Bertz CT molecular complexity index is 1290. The maximum Gasteiger partial charge on any atom is 0.164 e. The third kappa shape index (κ3) is 3.26. The molecule has 0 spiro atoms. The molecular weight excluding hydrogens is 414 g/mol. The summed E-state index contributed by atoms with van der Waals surface area (Å²) in [4.78, 5) is 12.6. The lowest BCUT2D eigenvalue weighted by Crippen LogP contribution is -2.34. The molecule has 0 saturated heterocycles. The number of nitrogen functional groups attached to an aromatic ring is 1. The van der Waals surface area contributed by atoms with Crippen LogP contribution in [0.4, 0.5) is 5.82 Å². The fourth-order valence-corrected chi connectivity index (χ4v) is 4.50. The molecule has 4 rings (SSSR count). The van der Waals surface area contributed by atoms with Gasteiger partial charge >= 0.3 is 0 Å². The average molecular weight is 436 g/mol. The van der Waals surface area contributed by atoms with Crippen molar-refractivity contribution < 1.29 is 4.74 Å². The van der Waals surface area contributed by atoms with Gasteiger partial charge in [0, 0.05) is 24.8 Å². The number of nitrogens with two attached hydrogens (primary N) is 1. The fraction of sp³-hybridized carbons (Fsp3) is 0.318. The van der Waals surface area contributed by atoms with E-state index in [1.165, 1.54) is 6.33 Å². The molecule has 0 fully saturated rings. The highest BCUT2D eigenvalue weighted by Crippen LogP contribution is 2.47. The fourth-order valence-electron chi connectivity index (χ4n) is 4.20. The first-order valence-electron chi connectivity index (χ1n) is 9.76. The number of rotatable bonds is 4. The minimum absolute atomic E-state index is 0.167. The summed E-state index contributed by atoms with van der Waals surface area (Å²) in [5.41, 5.74) is 9.69. The molecule has 1 aliphatic rings. The van der Waals surface area contributed by atoms with Crippen LogP contribution in [0.3, 0.4) is 0 Å². The lowest BCUT2D eigenvalue weighted by atomic mass is 9.76. The Morgan fingerprint density at radius 1 is 1.32 bits per heavy atom. The summed E-state index contributed by atoms with van der Waals surface area (Å²) in [6.45, 7) is 5.86. The van der Waals surface area contributed by atoms with Gasteiger partial charge < -0.3 is 10.5 Å². The van der Waals surface area contributed by atoms with Crippen LogP contribution in [0.25, 0.3) is 11.0 Å². The van der Waals surface area contributed by atoms with E-state index in [1.807, 2.05) is 37.6 Å². The van der Waals surface area contributed by atoms with Crippen LogP contribution in [0.5, 0.6) is 0 Å². The average Bonchev–Trinajstić information content (AvgIpc) is 3.13. The van der Waals surface area contributed by atoms with Crippen LogP contribution in [0, 0.1) is 18.3 Å². The smallest absolute Gasteiger partial charge is 0.164 e. The van der Waals surface area contributed by atoms with Gasteiger partial charge in [-0.3, -0.25) is 0 Å². The Labute approximate surface area is 185 Å². The van der Waals surface area contributed by atoms with Crippen molar-refractivity contribution in [2.24, 2.45) is 0 Å². The number of aryl methyl sites for hydroxylation is 1. The summed E-state index contributed by atoms with van der Waals surface area (Å²) in [6.07, 6.45) is 5.54. The van der Waals surface area contributed by atoms with Gasteiger partial charge in [0.1, 0.15) is 29.5 Å². The molecule has 3 heterocycles. The highest BCUT2D eigenvalue weighted by atomic mass is 35.5. The molecule has 158 valence electrons. The van der Waals surface area contributed by atoms with Gasteiger partial charge in [-0.15, -0.1) is 0 Å². The topological polar surface area (TPSA) is 116 Å². The van der Waals surface area contributed by atoms with Crippen molar-refractivity contribution in [2.75, 3.05) is 12.8 Å². The van der Waals surface area contributed by atoms with E-state index >= 15 is 0 Å². The molecule has 1 aliphatic carbocycles. The quantitative estimate of drug-likeness (QED) is 0.659. The lowest BCUT2D eigenvalue weighted by molar-refractivity contribution is 0.0151. The zero-order valence-corrected chi connectivity index (χ0v) is 18.5. The van der Waals surface area contributed by atoms with Crippen LogP contribution < -0.4 is 5.73 Å². The molecule has 0 radical (unpaired) electrons. The maximum absolute atomic E-state index is 9.31. The number of halogens is 1. The number of hydrogen-bond acceptors (Lipinski definition) is 7. The number of methoxy groups -OCH3 is 1. The predicted octanol–water partition coefficient (Wildman–Crippen LogP) is 3.93. The van der Waals surface area contributed by atoms with Crippen molar-refractivity contribution in [2.45, 2.75) is 38.8 Å². The molecule has 0 amide bonds. The molecule has 31 heavy (non-hydrogen) atoms. The van der Waals surface area contributed by atoms with E-state index in [2.05, 4.69) is 26.1 Å². The van der Waals surface area contributed by atoms with Crippen molar-refractivity contribution in [1.82, 2.24) is 24.7 Å². The van der Waals surface area contributed by atoms with Gasteiger partial charge in [0.25, 0.3) is 0 Å². The second-order valence-electron chi connectivity index (χ2n) is 7.61. The van der Waals surface area contributed by atoms with Gasteiger partial charge in [0.2, 0.25) is 0 Å². The van der Waals surface area contributed by atoms with Crippen molar-refractivity contribution >= 4 is 28.5 Å². The Kier molecular flexibility index (Phi) is 5.25. The minimum atomic E-state index is -0.823. The third-order valence-corrected chi connectivity index (χ3v) is 6.41. The standard InChI is InChI=1S/C22H22ClN7O/c1-12-18(23)7-15(9-22(12,31-4)16-5-6-26-17(8-16)10-24)14(3)30-21-19(13(2)29-30)20(25)27-11-28-21/h5-8,11,14H,9H2,1-4H3,(H2,25,27,28). The summed E-state index contributed by atoms with van der Waals surface area (Å²) in [5.74, 6) is 0.402. The summed E-state index contributed by atoms with van der Waals surface area (Å²) in [7, 11) is 1.65. The molecule has 0 aliphatic heterocycles. The Hall–Kier alpha value is -3.28. The van der Waals surface area contributed by atoms with Crippen LogP contribution in [-0.4, -0.2) is 31.8 Å². The first kappa shape index (κ1) is 21.0. The van der Waals surface area contributed by atoms with Gasteiger partial charge in [-0.05, 0) is 55.7 Å². The zero-order chi connectivity index (χ0) is 22.3. The number of nitrogens with zero attached hydrogens (tertiary/aromatic N) is 6. The lowest BCUT2D eigenvalue weighted by Gasteiger charge is -2.39. The second-order valence-corrected chi connectivity index (χ2v) is 8.01. The van der Waals surface area contributed by atoms with Crippen molar-refractivity contribution in [3.63, 3.8) is 0 Å². The van der Waals surface area contributed by atoms with E-state index in [0.29, 0.717) is 28.6 Å². The number of hydrogen-bond donors (Lipinski definition) is 1. The number of anilines is 1. The monoisotopic (exact) mass is 435 g/mol. The van der Waals surface area contributed by atoms with E-state index in [1.54, 1.807) is 19.4 Å². The summed E-state index contributed by atoms with van der Waals surface area (Å²) in [6, 6.07) is 5.52. The molecule has 3 aromatic rings. The number of allylic oxidation sites excluding steroid dienone is 2. The minimum Gasteiger partial charge on any atom is -0.383 e. The van der Waals surface area contributed by atoms with E-state index in [-0.39, 0.29) is 6.04 Å². The molecule has 2 atom stereocenters. The van der Waals surface area contributed by atoms with Crippen molar-refractivity contribution in [3.05, 3.63) is 63.9 Å². The van der Waals surface area contributed by atoms with Gasteiger partial charge in [-0.1, -0.05) is 11.6 Å². The summed E-state index contributed by atoms with van der Waals surface area (Å²) in [5, 5.41) is 15.3. The van der Waals surface area contributed by atoms with Gasteiger partial charge in [-0.25, -0.2) is 19.6 Å². The molecule has 2 unspecified atom stereocenters. The molecule has 2 N–H and O–H groups in total. The highest BCUT2D eigenvalue weighted by molar-refractivity contribution is 6.31. The number of ether oxygens (including phenoxy) is 1. The Balaban J connectivity index is 1.83. The molecular formula is C22H22ClN7O. The Morgan fingerprint density at radius 3 is 2.81 bits per heavy atom. The van der Waals surface area contributed by atoms with E-state index < -0.39 is 5.60 Å². The van der Waals surface area contributed by atoms with Crippen LogP contribution >= 0.6 is 11.6 Å². The molecule has 0 bridgehead atoms. The molecule has 8 nitrogen and oxygen atoms in total. The largest absolute Gasteiger partial charge is 0.383 e. The van der Waals surface area contributed by atoms with Crippen LogP contribution in [0.1, 0.15) is 43.3 Å². The summed E-state index contributed by atoms with van der Waals surface area (Å²) >= 11 is 6.70. The van der Waals surface area contributed by atoms with E-state index in [9.17, 15) is 5.26 Å². The maximum atomic E-state index is 9.31. The van der Waals surface area contributed by atoms with E-state index in [0.717, 1.165) is 27.8 Å². The number of nitriles is 1. The number of aromatic nitrogens is 5.